The number of nitrogens with zero attached hydrogens (tertiary/aromatic N) is 4. The zero-order valence-corrected chi connectivity index (χ0v) is 16.4. The van der Waals surface area contributed by atoms with Gasteiger partial charge in [0, 0.05) is 52.0 Å². The minimum atomic E-state index is -0.00950. The van der Waals surface area contributed by atoms with Gasteiger partial charge in [-0.1, -0.05) is 13.8 Å². The number of amides is 1. The van der Waals surface area contributed by atoms with Gasteiger partial charge in [-0.15, -0.1) is 0 Å². The molecule has 2 aliphatic heterocycles. The molecule has 2 fully saturated rings. The highest BCUT2D eigenvalue weighted by Crippen LogP contribution is 2.17. The van der Waals surface area contributed by atoms with Crippen molar-refractivity contribution in [2.75, 3.05) is 64.3 Å². The molecule has 2 saturated heterocycles. The van der Waals surface area contributed by atoms with E-state index in [2.05, 4.69) is 45.9 Å². The molecule has 3 heterocycles. The fraction of sp³-hybridized carbons (Fsp3) is 0.700. The summed E-state index contributed by atoms with van der Waals surface area (Å²) in [4.78, 5) is 24.0. The highest BCUT2D eigenvalue weighted by atomic mass is 16.1. The Kier molecular flexibility index (Phi) is 6.48. The normalized spacial score (nSPS) is 22.2. The average molecular weight is 360 g/mol. The van der Waals surface area contributed by atoms with Crippen molar-refractivity contribution in [3.05, 3.63) is 23.9 Å². The van der Waals surface area contributed by atoms with Crippen LogP contribution < -0.4 is 10.2 Å². The van der Waals surface area contributed by atoms with Gasteiger partial charge in [-0.2, -0.15) is 0 Å². The zero-order valence-electron chi connectivity index (χ0n) is 16.4. The first kappa shape index (κ1) is 19.1. The lowest BCUT2D eigenvalue weighted by atomic mass is 10.1. The SMILES string of the molecule is CC(C)CN1CC[C@H](CNC(=O)c2ccc(N3CCN(C)CC3)nc2)C1. The van der Waals surface area contributed by atoms with E-state index in [1.807, 2.05) is 12.1 Å². The van der Waals surface area contributed by atoms with Crippen molar-refractivity contribution in [3.8, 4) is 0 Å². The van der Waals surface area contributed by atoms with E-state index in [1.165, 1.54) is 6.42 Å². The van der Waals surface area contributed by atoms with Crippen LogP contribution in [0, 0.1) is 11.8 Å². The number of carbonyl (C=O) groups is 1. The Morgan fingerprint density at radius 1 is 1.23 bits per heavy atom. The van der Waals surface area contributed by atoms with Crippen molar-refractivity contribution >= 4 is 11.7 Å². The highest BCUT2D eigenvalue weighted by Gasteiger charge is 2.23. The first-order chi connectivity index (χ1) is 12.5. The van der Waals surface area contributed by atoms with Crippen LogP contribution in [-0.4, -0.2) is 80.1 Å². The van der Waals surface area contributed by atoms with Gasteiger partial charge in [0.1, 0.15) is 5.82 Å². The summed E-state index contributed by atoms with van der Waals surface area (Å²) in [6.45, 7) is 12.8. The molecule has 0 saturated carbocycles. The van der Waals surface area contributed by atoms with E-state index >= 15 is 0 Å². The quantitative estimate of drug-likeness (QED) is 0.835. The van der Waals surface area contributed by atoms with Crippen LogP contribution in [0.25, 0.3) is 0 Å². The molecule has 0 unspecified atom stereocenters. The molecular formula is C20H33N5O. The fourth-order valence-corrected chi connectivity index (χ4v) is 3.84. The monoisotopic (exact) mass is 359 g/mol. The van der Waals surface area contributed by atoms with Gasteiger partial charge in [-0.25, -0.2) is 4.98 Å². The third-order valence-corrected chi connectivity index (χ3v) is 5.38. The number of carbonyl (C=O) groups excluding carboxylic acids is 1. The Morgan fingerprint density at radius 2 is 2.00 bits per heavy atom. The number of nitrogens with one attached hydrogen (secondary N) is 1. The molecule has 0 radical (unpaired) electrons. The Bertz CT molecular complexity index is 580. The predicted octanol–water partition coefficient (Wildman–Crippen LogP) is 1.54. The smallest absolute Gasteiger partial charge is 0.252 e. The molecule has 6 nitrogen and oxygen atoms in total. The van der Waals surface area contributed by atoms with Gasteiger partial charge in [0.15, 0.2) is 0 Å². The second kappa shape index (κ2) is 8.82. The number of likely N-dealkylation sites (N-methyl/N-ethyl adjacent to an activating group) is 1. The minimum absolute atomic E-state index is 0.00950. The summed E-state index contributed by atoms with van der Waals surface area (Å²) in [6.07, 6.45) is 2.89. The van der Waals surface area contributed by atoms with Gasteiger partial charge in [0.2, 0.25) is 0 Å². The summed E-state index contributed by atoms with van der Waals surface area (Å²) >= 11 is 0. The number of aromatic nitrogens is 1. The summed E-state index contributed by atoms with van der Waals surface area (Å²) in [5, 5.41) is 3.09. The first-order valence-electron chi connectivity index (χ1n) is 9.91. The molecule has 3 rings (SSSR count). The lowest BCUT2D eigenvalue weighted by Gasteiger charge is -2.33. The molecule has 0 bridgehead atoms. The predicted molar refractivity (Wildman–Crippen MR) is 106 cm³/mol. The molecule has 26 heavy (non-hydrogen) atoms. The number of piperazine rings is 1. The van der Waals surface area contributed by atoms with Crippen molar-refractivity contribution in [1.82, 2.24) is 20.1 Å². The molecule has 144 valence electrons. The summed E-state index contributed by atoms with van der Waals surface area (Å²) in [6, 6.07) is 3.87. The van der Waals surface area contributed by atoms with Gasteiger partial charge in [0.25, 0.3) is 5.91 Å². The Morgan fingerprint density at radius 3 is 2.65 bits per heavy atom. The van der Waals surface area contributed by atoms with Crippen LogP contribution in [0.1, 0.15) is 30.6 Å². The molecule has 0 aliphatic carbocycles. The van der Waals surface area contributed by atoms with E-state index < -0.39 is 0 Å². The van der Waals surface area contributed by atoms with Crippen LogP contribution in [0.4, 0.5) is 5.82 Å². The maximum Gasteiger partial charge on any atom is 0.252 e. The molecule has 6 heteroatoms. The average Bonchev–Trinajstić information content (AvgIpc) is 3.07. The summed E-state index contributed by atoms with van der Waals surface area (Å²) in [5.41, 5.74) is 0.653. The number of pyridine rings is 1. The molecule has 1 amide bonds. The number of anilines is 1. The lowest BCUT2D eigenvalue weighted by Crippen LogP contribution is -2.44. The molecule has 1 atom stereocenters. The van der Waals surface area contributed by atoms with E-state index in [0.717, 1.165) is 58.2 Å². The van der Waals surface area contributed by atoms with Crippen LogP contribution in [0.2, 0.25) is 0 Å². The Balaban J connectivity index is 1.45. The van der Waals surface area contributed by atoms with Gasteiger partial charge in [0.05, 0.1) is 5.56 Å². The summed E-state index contributed by atoms with van der Waals surface area (Å²) < 4.78 is 0. The standard InChI is InChI=1S/C20H33N5O/c1-16(2)14-24-7-6-17(15-24)12-22-20(26)18-4-5-19(21-13-18)25-10-8-23(3)9-11-25/h4-5,13,16-17H,6-12,14-15H2,1-3H3,(H,22,26)/t17-/m1/s1. The lowest BCUT2D eigenvalue weighted by molar-refractivity contribution is 0.0947. The molecule has 1 aromatic rings. The number of rotatable bonds is 6. The number of hydrogen-bond donors (Lipinski definition) is 1. The first-order valence-corrected chi connectivity index (χ1v) is 9.91. The summed E-state index contributed by atoms with van der Waals surface area (Å²) in [5.74, 6) is 2.23. The van der Waals surface area contributed by atoms with E-state index in [4.69, 9.17) is 0 Å². The van der Waals surface area contributed by atoms with Gasteiger partial charge in [-0.3, -0.25) is 4.79 Å². The van der Waals surface area contributed by atoms with Crippen molar-refractivity contribution in [3.63, 3.8) is 0 Å². The van der Waals surface area contributed by atoms with Crippen molar-refractivity contribution in [2.45, 2.75) is 20.3 Å². The van der Waals surface area contributed by atoms with Crippen LogP contribution in [0.3, 0.4) is 0 Å². The molecular weight excluding hydrogens is 326 g/mol. The van der Waals surface area contributed by atoms with Crippen molar-refractivity contribution in [1.29, 1.82) is 0 Å². The van der Waals surface area contributed by atoms with Crippen molar-refractivity contribution < 1.29 is 4.79 Å². The van der Waals surface area contributed by atoms with Gasteiger partial charge in [-0.05, 0) is 44.0 Å². The van der Waals surface area contributed by atoms with Crippen LogP contribution in [0.5, 0.6) is 0 Å². The maximum absolute atomic E-state index is 12.4. The summed E-state index contributed by atoms with van der Waals surface area (Å²) in [7, 11) is 2.14. The van der Waals surface area contributed by atoms with Crippen LogP contribution in [0.15, 0.2) is 18.3 Å². The van der Waals surface area contributed by atoms with Gasteiger partial charge >= 0.3 is 0 Å². The second-order valence-corrected chi connectivity index (χ2v) is 8.21. The van der Waals surface area contributed by atoms with E-state index in [0.29, 0.717) is 17.4 Å². The highest BCUT2D eigenvalue weighted by molar-refractivity contribution is 5.94. The topological polar surface area (TPSA) is 51.7 Å². The minimum Gasteiger partial charge on any atom is -0.354 e. The van der Waals surface area contributed by atoms with E-state index in [-0.39, 0.29) is 5.91 Å². The third kappa shape index (κ3) is 5.17. The molecule has 2 aliphatic rings. The number of hydrogen-bond acceptors (Lipinski definition) is 5. The molecule has 1 N–H and O–H groups in total. The van der Waals surface area contributed by atoms with Crippen LogP contribution in [-0.2, 0) is 0 Å². The second-order valence-electron chi connectivity index (χ2n) is 8.21. The maximum atomic E-state index is 12.4. The fourth-order valence-electron chi connectivity index (χ4n) is 3.84. The Labute approximate surface area is 157 Å². The van der Waals surface area contributed by atoms with Crippen LogP contribution >= 0.6 is 0 Å². The van der Waals surface area contributed by atoms with Crippen molar-refractivity contribution in [2.24, 2.45) is 11.8 Å². The number of likely N-dealkylation sites (tertiary alicyclic amines) is 1. The zero-order chi connectivity index (χ0) is 18.5. The molecule has 0 aromatic carbocycles. The molecule has 1 aromatic heterocycles. The van der Waals surface area contributed by atoms with Gasteiger partial charge < -0.3 is 20.0 Å². The van der Waals surface area contributed by atoms with E-state index in [9.17, 15) is 4.79 Å². The largest absolute Gasteiger partial charge is 0.354 e. The van der Waals surface area contributed by atoms with E-state index in [1.54, 1.807) is 6.20 Å². The molecule has 0 spiro atoms. The third-order valence-electron chi connectivity index (χ3n) is 5.38. The Hall–Kier alpha value is -1.66.